The van der Waals surface area contributed by atoms with Crippen molar-refractivity contribution in [3.8, 4) is 0 Å². The number of nitrogens with one attached hydrogen (secondary N) is 1. The lowest BCUT2D eigenvalue weighted by Gasteiger charge is -2.12. The van der Waals surface area contributed by atoms with Crippen LogP contribution in [0.25, 0.3) is 0 Å². The van der Waals surface area contributed by atoms with Crippen molar-refractivity contribution < 1.29 is 15.0 Å². The third-order valence-corrected chi connectivity index (χ3v) is 2.73. The quantitative estimate of drug-likeness (QED) is 0.663. The fraction of sp³-hybridized carbons (Fsp3) is 0.500. The SMILES string of the molecule is CCCc1ccc(NCC(O)CCC(=O)O)cc1. The van der Waals surface area contributed by atoms with Gasteiger partial charge in [0.15, 0.2) is 0 Å². The molecular weight excluding hydrogens is 230 g/mol. The van der Waals surface area contributed by atoms with Crippen molar-refractivity contribution in [3.05, 3.63) is 29.8 Å². The summed E-state index contributed by atoms with van der Waals surface area (Å²) in [4.78, 5) is 10.3. The molecule has 4 heteroatoms. The number of anilines is 1. The van der Waals surface area contributed by atoms with E-state index in [2.05, 4.69) is 24.4 Å². The smallest absolute Gasteiger partial charge is 0.303 e. The van der Waals surface area contributed by atoms with E-state index in [-0.39, 0.29) is 12.8 Å². The number of carboxylic acids is 1. The van der Waals surface area contributed by atoms with Gasteiger partial charge in [-0.1, -0.05) is 25.5 Å². The van der Waals surface area contributed by atoms with Crippen molar-refractivity contribution in [2.75, 3.05) is 11.9 Å². The van der Waals surface area contributed by atoms with Gasteiger partial charge in [0.1, 0.15) is 0 Å². The zero-order valence-corrected chi connectivity index (χ0v) is 10.7. The fourth-order valence-corrected chi connectivity index (χ4v) is 1.71. The zero-order chi connectivity index (χ0) is 13.4. The van der Waals surface area contributed by atoms with Crippen molar-refractivity contribution in [2.24, 2.45) is 0 Å². The molecule has 0 spiro atoms. The molecule has 100 valence electrons. The molecule has 1 aromatic rings. The van der Waals surface area contributed by atoms with E-state index in [1.54, 1.807) is 0 Å². The number of aliphatic hydroxyl groups excluding tert-OH is 1. The standard InChI is InChI=1S/C14H21NO3/c1-2-3-11-4-6-12(7-5-11)15-10-13(16)8-9-14(17)18/h4-7,13,15-16H,2-3,8-10H2,1H3,(H,17,18). The number of aryl methyl sites for hydroxylation is 1. The fourth-order valence-electron chi connectivity index (χ4n) is 1.71. The molecule has 18 heavy (non-hydrogen) atoms. The van der Waals surface area contributed by atoms with E-state index >= 15 is 0 Å². The molecule has 0 fully saturated rings. The maximum atomic E-state index is 10.3. The van der Waals surface area contributed by atoms with Crippen LogP contribution >= 0.6 is 0 Å². The van der Waals surface area contributed by atoms with Gasteiger partial charge in [-0.2, -0.15) is 0 Å². The van der Waals surface area contributed by atoms with E-state index in [9.17, 15) is 9.90 Å². The molecule has 1 atom stereocenters. The highest BCUT2D eigenvalue weighted by Crippen LogP contribution is 2.11. The van der Waals surface area contributed by atoms with Gasteiger partial charge in [-0.25, -0.2) is 0 Å². The first kappa shape index (κ1) is 14.5. The van der Waals surface area contributed by atoms with Crippen LogP contribution in [-0.4, -0.2) is 28.8 Å². The number of hydrogen-bond acceptors (Lipinski definition) is 3. The van der Waals surface area contributed by atoms with Crippen LogP contribution in [0.1, 0.15) is 31.7 Å². The van der Waals surface area contributed by atoms with Crippen molar-refractivity contribution in [2.45, 2.75) is 38.7 Å². The lowest BCUT2D eigenvalue weighted by molar-refractivity contribution is -0.137. The van der Waals surface area contributed by atoms with Crippen molar-refractivity contribution in [1.82, 2.24) is 0 Å². The lowest BCUT2D eigenvalue weighted by atomic mass is 10.1. The number of carbonyl (C=O) groups is 1. The first-order valence-corrected chi connectivity index (χ1v) is 6.34. The molecule has 1 rings (SSSR count). The van der Waals surface area contributed by atoms with E-state index < -0.39 is 12.1 Å². The highest BCUT2D eigenvalue weighted by Gasteiger charge is 2.06. The molecule has 0 saturated carbocycles. The number of benzene rings is 1. The van der Waals surface area contributed by atoms with Crippen LogP contribution in [0.5, 0.6) is 0 Å². The summed E-state index contributed by atoms with van der Waals surface area (Å²) in [6.07, 6.45) is 1.84. The number of aliphatic carboxylic acids is 1. The second kappa shape index (κ2) is 7.71. The normalized spacial score (nSPS) is 12.1. The van der Waals surface area contributed by atoms with Crippen LogP contribution in [0.3, 0.4) is 0 Å². The Balaban J connectivity index is 2.31. The number of carboxylic acid groups (broad SMARTS) is 1. The van der Waals surface area contributed by atoms with Crippen LogP contribution in [0.2, 0.25) is 0 Å². The third kappa shape index (κ3) is 5.68. The van der Waals surface area contributed by atoms with E-state index in [4.69, 9.17) is 5.11 Å². The molecule has 0 saturated heterocycles. The van der Waals surface area contributed by atoms with E-state index in [0.29, 0.717) is 6.54 Å². The minimum absolute atomic E-state index is 0.00170. The predicted molar refractivity (Wildman–Crippen MR) is 71.8 cm³/mol. The molecule has 0 heterocycles. The van der Waals surface area contributed by atoms with Crippen molar-refractivity contribution in [1.29, 1.82) is 0 Å². The molecular formula is C14H21NO3. The number of rotatable bonds is 8. The summed E-state index contributed by atoms with van der Waals surface area (Å²) in [5.74, 6) is -0.877. The monoisotopic (exact) mass is 251 g/mol. The Morgan fingerprint density at radius 1 is 1.33 bits per heavy atom. The molecule has 1 aromatic carbocycles. The van der Waals surface area contributed by atoms with Gasteiger partial charge in [0, 0.05) is 18.7 Å². The van der Waals surface area contributed by atoms with E-state index in [0.717, 1.165) is 18.5 Å². The Morgan fingerprint density at radius 3 is 2.56 bits per heavy atom. The van der Waals surface area contributed by atoms with Gasteiger partial charge < -0.3 is 15.5 Å². The Labute approximate surface area is 108 Å². The molecule has 3 N–H and O–H groups in total. The summed E-state index contributed by atoms with van der Waals surface area (Å²) in [6, 6.07) is 8.09. The first-order chi connectivity index (χ1) is 8.61. The molecule has 0 bridgehead atoms. The number of hydrogen-bond donors (Lipinski definition) is 3. The summed E-state index contributed by atoms with van der Waals surface area (Å²) in [5.41, 5.74) is 2.25. The molecule has 0 aliphatic rings. The van der Waals surface area contributed by atoms with Gasteiger partial charge in [-0.05, 0) is 30.5 Å². The summed E-state index contributed by atoms with van der Waals surface area (Å²) in [7, 11) is 0. The lowest BCUT2D eigenvalue weighted by Crippen LogP contribution is -2.20. The average Bonchev–Trinajstić information content (AvgIpc) is 2.36. The third-order valence-electron chi connectivity index (χ3n) is 2.73. The summed E-state index contributed by atoms with van der Waals surface area (Å²) in [5, 5.41) is 21.2. The summed E-state index contributed by atoms with van der Waals surface area (Å²) < 4.78 is 0. The first-order valence-electron chi connectivity index (χ1n) is 6.34. The maximum Gasteiger partial charge on any atom is 0.303 e. The minimum atomic E-state index is -0.877. The molecule has 0 aliphatic carbocycles. The Hall–Kier alpha value is -1.55. The molecule has 0 aromatic heterocycles. The van der Waals surface area contributed by atoms with E-state index in [1.165, 1.54) is 5.56 Å². The van der Waals surface area contributed by atoms with Crippen molar-refractivity contribution >= 4 is 11.7 Å². The molecule has 0 amide bonds. The maximum absolute atomic E-state index is 10.3. The molecule has 0 aliphatic heterocycles. The Kier molecular flexibility index (Phi) is 6.22. The van der Waals surface area contributed by atoms with E-state index in [1.807, 2.05) is 12.1 Å². The van der Waals surface area contributed by atoms with Gasteiger partial charge in [0.25, 0.3) is 0 Å². The highest BCUT2D eigenvalue weighted by molar-refractivity contribution is 5.66. The predicted octanol–water partition coefficient (Wildman–Crippen LogP) is 2.28. The van der Waals surface area contributed by atoms with Gasteiger partial charge >= 0.3 is 5.97 Å². The summed E-state index contributed by atoms with van der Waals surface area (Å²) >= 11 is 0. The Morgan fingerprint density at radius 2 is 2.00 bits per heavy atom. The van der Waals surface area contributed by atoms with Crippen LogP contribution in [0, 0.1) is 0 Å². The second-order valence-corrected chi connectivity index (χ2v) is 4.41. The molecule has 1 unspecified atom stereocenters. The average molecular weight is 251 g/mol. The Bertz CT molecular complexity index is 362. The highest BCUT2D eigenvalue weighted by atomic mass is 16.4. The minimum Gasteiger partial charge on any atom is -0.481 e. The topological polar surface area (TPSA) is 69.6 Å². The zero-order valence-electron chi connectivity index (χ0n) is 10.7. The van der Waals surface area contributed by atoms with Crippen LogP contribution in [-0.2, 0) is 11.2 Å². The van der Waals surface area contributed by atoms with Crippen LogP contribution in [0.15, 0.2) is 24.3 Å². The van der Waals surface area contributed by atoms with Gasteiger partial charge in [-0.15, -0.1) is 0 Å². The van der Waals surface area contributed by atoms with Crippen LogP contribution < -0.4 is 5.32 Å². The van der Waals surface area contributed by atoms with Gasteiger partial charge in [0.05, 0.1) is 6.10 Å². The molecule has 4 nitrogen and oxygen atoms in total. The second-order valence-electron chi connectivity index (χ2n) is 4.41. The van der Waals surface area contributed by atoms with Crippen LogP contribution in [0.4, 0.5) is 5.69 Å². The largest absolute Gasteiger partial charge is 0.481 e. The number of aliphatic hydroxyl groups is 1. The van der Waals surface area contributed by atoms with Gasteiger partial charge in [0.2, 0.25) is 0 Å². The van der Waals surface area contributed by atoms with Crippen molar-refractivity contribution in [3.63, 3.8) is 0 Å². The summed E-state index contributed by atoms with van der Waals surface area (Å²) in [6.45, 7) is 2.52. The van der Waals surface area contributed by atoms with Gasteiger partial charge in [-0.3, -0.25) is 4.79 Å². The molecule has 0 radical (unpaired) electrons.